The van der Waals surface area contributed by atoms with Crippen LogP contribution in [0.5, 0.6) is 0 Å². The summed E-state index contributed by atoms with van der Waals surface area (Å²) < 4.78 is 5.62. The Morgan fingerprint density at radius 2 is 1.65 bits per heavy atom. The van der Waals surface area contributed by atoms with Gasteiger partial charge in [-0.05, 0) is 18.1 Å². The van der Waals surface area contributed by atoms with Crippen molar-refractivity contribution >= 4 is 11.6 Å². The van der Waals surface area contributed by atoms with E-state index in [0.29, 0.717) is 6.61 Å². The van der Waals surface area contributed by atoms with E-state index in [1.807, 2.05) is 54.6 Å². The molecule has 2 heteroatoms. The Labute approximate surface area is 107 Å². The SMILES string of the molecule is Cc1ccc(C(Cl)OCc2ccccc2)cc1. The van der Waals surface area contributed by atoms with Gasteiger partial charge >= 0.3 is 0 Å². The van der Waals surface area contributed by atoms with E-state index < -0.39 is 5.56 Å². The maximum absolute atomic E-state index is 6.19. The number of halogens is 1. The van der Waals surface area contributed by atoms with Gasteiger partial charge in [0.25, 0.3) is 0 Å². The van der Waals surface area contributed by atoms with Crippen molar-refractivity contribution in [3.63, 3.8) is 0 Å². The fourth-order valence-corrected chi connectivity index (χ4v) is 1.77. The van der Waals surface area contributed by atoms with Crippen molar-refractivity contribution in [2.45, 2.75) is 19.1 Å². The minimum atomic E-state index is -0.393. The number of benzene rings is 2. The summed E-state index contributed by atoms with van der Waals surface area (Å²) in [6.07, 6.45) is 0. The Morgan fingerprint density at radius 1 is 1.00 bits per heavy atom. The van der Waals surface area contributed by atoms with Crippen molar-refractivity contribution in [3.05, 3.63) is 71.3 Å². The van der Waals surface area contributed by atoms with E-state index in [9.17, 15) is 0 Å². The monoisotopic (exact) mass is 246 g/mol. The molecule has 0 fully saturated rings. The number of hydrogen-bond acceptors (Lipinski definition) is 1. The molecule has 0 aliphatic rings. The number of aryl methyl sites for hydroxylation is 1. The van der Waals surface area contributed by atoms with Crippen LogP contribution in [0.3, 0.4) is 0 Å². The van der Waals surface area contributed by atoms with Crippen LogP contribution in [0, 0.1) is 6.92 Å². The number of alkyl halides is 1. The molecule has 0 aromatic heterocycles. The van der Waals surface area contributed by atoms with E-state index in [-0.39, 0.29) is 0 Å². The van der Waals surface area contributed by atoms with E-state index in [2.05, 4.69) is 6.92 Å². The van der Waals surface area contributed by atoms with E-state index >= 15 is 0 Å². The van der Waals surface area contributed by atoms with Gasteiger partial charge in [-0.2, -0.15) is 0 Å². The van der Waals surface area contributed by atoms with Crippen LogP contribution in [0.25, 0.3) is 0 Å². The van der Waals surface area contributed by atoms with Crippen molar-refractivity contribution in [2.24, 2.45) is 0 Å². The molecule has 2 aromatic rings. The van der Waals surface area contributed by atoms with Crippen molar-refractivity contribution in [1.82, 2.24) is 0 Å². The topological polar surface area (TPSA) is 9.23 Å². The molecule has 0 bridgehead atoms. The van der Waals surface area contributed by atoms with Gasteiger partial charge in [0.1, 0.15) is 0 Å². The molecule has 1 atom stereocenters. The van der Waals surface area contributed by atoms with E-state index in [1.54, 1.807) is 0 Å². The standard InChI is InChI=1S/C15H15ClO/c1-12-7-9-14(10-8-12)15(16)17-11-13-5-3-2-4-6-13/h2-10,15H,11H2,1H3. The lowest BCUT2D eigenvalue weighted by molar-refractivity contribution is 0.0943. The van der Waals surface area contributed by atoms with Crippen LogP contribution < -0.4 is 0 Å². The smallest absolute Gasteiger partial charge is 0.157 e. The first-order valence-corrected chi connectivity index (χ1v) is 6.05. The molecule has 0 heterocycles. The summed E-state index contributed by atoms with van der Waals surface area (Å²) in [7, 11) is 0. The predicted octanol–water partition coefficient (Wildman–Crippen LogP) is 4.45. The molecule has 0 aliphatic heterocycles. The summed E-state index contributed by atoms with van der Waals surface area (Å²) in [6.45, 7) is 2.58. The van der Waals surface area contributed by atoms with Gasteiger partial charge in [-0.3, -0.25) is 0 Å². The van der Waals surface area contributed by atoms with Gasteiger partial charge in [0.05, 0.1) is 6.61 Å². The second kappa shape index (κ2) is 5.85. The molecule has 0 N–H and O–H groups in total. The fourth-order valence-electron chi connectivity index (χ4n) is 1.56. The van der Waals surface area contributed by atoms with Crippen LogP contribution >= 0.6 is 11.6 Å². The van der Waals surface area contributed by atoms with Gasteiger partial charge in [-0.1, -0.05) is 71.8 Å². The highest BCUT2D eigenvalue weighted by atomic mass is 35.5. The molecule has 0 spiro atoms. The maximum Gasteiger partial charge on any atom is 0.157 e. The summed E-state index contributed by atoms with van der Waals surface area (Å²) in [5.74, 6) is 0. The van der Waals surface area contributed by atoms with E-state index in [0.717, 1.165) is 11.1 Å². The first-order chi connectivity index (χ1) is 8.25. The highest BCUT2D eigenvalue weighted by Gasteiger charge is 2.07. The van der Waals surface area contributed by atoms with Gasteiger partial charge < -0.3 is 4.74 Å². The molecule has 2 rings (SSSR count). The van der Waals surface area contributed by atoms with E-state index in [1.165, 1.54) is 5.56 Å². The largest absolute Gasteiger partial charge is 0.354 e. The summed E-state index contributed by atoms with van der Waals surface area (Å²) in [5.41, 5.74) is 2.95. The van der Waals surface area contributed by atoms with Crippen LogP contribution in [0.1, 0.15) is 22.3 Å². The molecule has 1 unspecified atom stereocenters. The average molecular weight is 247 g/mol. The molecular weight excluding hydrogens is 232 g/mol. The van der Waals surface area contributed by atoms with Crippen LogP contribution in [0.2, 0.25) is 0 Å². The molecule has 0 saturated carbocycles. The lowest BCUT2D eigenvalue weighted by atomic mass is 10.2. The van der Waals surface area contributed by atoms with Crippen molar-refractivity contribution < 1.29 is 4.74 Å². The average Bonchev–Trinajstić information content (AvgIpc) is 2.38. The lowest BCUT2D eigenvalue weighted by Crippen LogP contribution is -1.98. The molecule has 0 saturated heterocycles. The minimum absolute atomic E-state index is 0.393. The number of hydrogen-bond donors (Lipinski definition) is 0. The molecule has 88 valence electrons. The van der Waals surface area contributed by atoms with Crippen LogP contribution in [-0.4, -0.2) is 0 Å². The molecule has 0 aliphatic carbocycles. The summed E-state index contributed by atoms with van der Waals surface area (Å²) in [5, 5.41) is 0. The van der Waals surface area contributed by atoms with Gasteiger partial charge in [-0.15, -0.1) is 0 Å². The Hall–Kier alpha value is -1.31. The lowest BCUT2D eigenvalue weighted by Gasteiger charge is -2.11. The minimum Gasteiger partial charge on any atom is -0.354 e. The molecular formula is C15H15ClO. The third kappa shape index (κ3) is 3.58. The molecule has 17 heavy (non-hydrogen) atoms. The Morgan fingerprint density at radius 3 is 2.29 bits per heavy atom. The highest BCUT2D eigenvalue weighted by Crippen LogP contribution is 2.23. The first kappa shape index (κ1) is 12.2. The quantitative estimate of drug-likeness (QED) is 0.725. The zero-order valence-electron chi connectivity index (χ0n) is 9.77. The molecule has 0 radical (unpaired) electrons. The predicted molar refractivity (Wildman–Crippen MR) is 71.0 cm³/mol. The third-order valence-electron chi connectivity index (χ3n) is 2.58. The second-order valence-electron chi connectivity index (χ2n) is 4.02. The van der Waals surface area contributed by atoms with E-state index in [4.69, 9.17) is 16.3 Å². The van der Waals surface area contributed by atoms with Crippen molar-refractivity contribution in [3.8, 4) is 0 Å². The normalized spacial score (nSPS) is 12.4. The second-order valence-corrected chi connectivity index (χ2v) is 4.42. The molecule has 0 amide bonds. The summed E-state index contributed by atoms with van der Waals surface area (Å²) in [4.78, 5) is 0. The van der Waals surface area contributed by atoms with Crippen LogP contribution in [0.4, 0.5) is 0 Å². The summed E-state index contributed by atoms with van der Waals surface area (Å²) >= 11 is 6.19. The maximum atomic E-state index is 6.19. The Kier molecular flexibility index (Phi) is 4.18. The van der Waals surface area contributed by atoms with Crippen molar-refractivity contribution in [1.29, 1.82) is 0 Å². The fraction of sp³-hybridized carbons (Fsp3) is 0.200. The Balaban J connectivity index is 1.93. The third-order valence-corrected chi connectivity index (χ3v) is 2.96. The van der Waals surface area contributed by atoms with Gasteiger partial charge in [0, 0.05) is 0 Å². The molecule has 2 aromatic carbocycles. The van der Waals surface area contributed by atoms with Gasteiger partial charge in [0.15, 0.2) is 5.56 Å². The highest BCUT2D eigenvalue weighted by molar-refractivity contribution is 6.19. The van der Waals surface area contributed by atoms with Gasteiger partial charge in [-0.25, -0.2) is 0 Å². The zero-order chi connectivity index (χ0) is 12.1. The molecule has 1 nitrogen and oxygen atoms in total. The number of rotatable bonds is 4. The number of ether oxygens (including phenoxy) is 1. The summed E-state index contributed by atoms with van der Waals surface area (Å²) in [6, 6.07) is 18.1. The zero-order valence-corrected chi connectivity index (χ0v) is 10.5. The first-order valence-electron chi connectivity index (χ1n) is 5.62. The van der Waals surface area contributed by atoms with Gasteiger partial charge in [0.2, 0.25) is 0 Å². The van der Waals surface area contributed by atoms with Crippen LogP contribution in [0.15, 0.2) is 54.6 Å². The van der Waals surface area contributed by atoms with Crippen LogP contribution in [-0.2, 0) is 11.3 Å². The van der Waals surface area contributed by atoms with Crippen molar-refractivity contribution in [2.75, 3.05) is 0 Å². The Bertz CT molecular complexity index is 450.